The molecule has 0 amide bonds. The number of para-hydroxylation sites is 1. The highest BCUT2D eigenvalue weighted by molar-refractivity contribution is 6.10. The molecule has 420 valence electrons. The molecule has 0 unspecified atom stereocenters. The highest BCUT2D eigenvalue weighted by atomic mass is 15.1. The van der Waals surface area contributed by atoms with E-state index in [4.69, 9.17) is 0 Å². The van der Waals surface area contributed by atoms with Crippen LogP contribution in [0.2, 0.25) is 0 Å². The normalized spacial score (nSPS) is 12.4. The van der Waals surface area contributed by atoms with Crippen molar-refractivity contribution in [3.63, 3.8) is 0 Å². The molecule has 0 fully saturated rings. The van der Waals surface area contributed by atoms with Crippen molar-refractivity contribution in [1.82, 2.24) is 4.57 Å². The van der Waals surface area contributed by atoms with Crippen molar-refractivity contribution in [3.05, 3.63) is 277 Å². The van der Waals surface area contributed by atoms with E-state index in [1.54, 1.807) is 0 Å². The quantitative estimate of drug-likeness (QED) is 0.0691. The van der Waals surface area contributed by atoms with Gasteiger partial charge in [0.25, 0.3) is 0 Å². The van der Waals surface area contributed by atoms with Crippen LogP contribution >= 0.6 is 0 Å². The summed E-state index contributed by atoms with van der Waals surface area (Å²) in [5, 5.41) is 2.49. The predicted molar refractivity (Wildman–Crippen MR) is 365 cm³/mol. The topological polar surface area (TPSA) is 8.17 Å². The van der Waals surface area contributed by atoms with Gasteiger partial charge in [0.15, 0.2) is 0 Å². The SMILES string of the molecule is CCCCCCCCCCCCc1cc(-c2ccccc2)cc(-c2cc(C)ccc2-c2cc(C)cc(-n3c4ccccc4c4cc(-c5ccc(N(c6ccc(-c7ccccc7)cc6)c6ccc7c(c6)C(C)(C)c6ccccc6-7)cc5)ccc43)c2)c1. The van der Waals surface area contributed by atoms with E-state index in [0.29, 0.717) is 0 Å². The average molecular weight is 1100 g/mol. The number of aromatic nitrogens is 1. The third-order valence-corrected chi connectivity index (χ3v) is 18.2. The fourth-order valence-electron chi connectivity index (χ4n) is 13.7. The summed E-state index contributed by atoms with van der Waals surface area (Å²) >= 11 is 0. The highest BCUT2D eigenvalue weighted by Crippen LogP contribution is 2.51. The van der Waals surface area contributed by atoms with Crippen LogP contribution < -0.4 is 4.90 Å². The lowest BCUT2D eigenvalue weighted by Gasteiger charge is -2.28. The molecule has 0 aliphatic heterocycles. The summed E-state index contributed by atoms with van der Waals surface area (Å²) in [5.41, 5.74) is 28.5. The third-order valence-electron chi connectivity index (χ3n) is 18.2. The van der Waals surface area contributed by atoms with Crippen molar-refractivity contribution in [3.8, 4) is 72.4 Å². The zero-order valence-electron chi connectivity index (χ0n) is 50.3. The molecule has 0 radical (unpaired) electrons. The Kier molecular flexibility index (Phi) is 15.8. The maximum Gasteiger partial charge on any atom is 0.0541 e. The molecule has 0 saturated heterocycles. The number of rotatable bonds is 20. The van der Waals surface area contributed by atoms with Gasteiger partial charge in [0.2, 0.25) is 0 Å². The van der Waals surface area contributed by atoms with Gasteiger partial charge >= 0.3 is 0 Å². The number of nitrogens with zero attached hydrogens (tertiary/aromatic N) is 2. The molecule has 11 aromatic carbocycles. The largest absolute Gasteiger partial charge is 0.310 e. The smallest absolute Gasteiger partial charge is 0.0541 e. The van der Waals surface area contributed by atoms with E-state index in [-0.39, 0.29) is 5.41 Å². The summed E-state index contributed by atoms with van der Waals surface area (Å²) in [7, 11) is 0. The van der Waals surface area contributed by atoms with Crippen molar-refractivity contribution in [2.45, 2.75) is 111 Å². The molecule has 1 aliphatic rings. The van der Waals surface area contributed by atoms with Crippen LogP contribution in [0, 0.1) is 13.8 Å². The molecule has 0 atom stereocenters. The van der Waals surface area contributed by atoms with Gasteiger partial charge in [-0.3, -0.25) is 0 Å². The van der Waals surface area contributed by atoms with Gasteiger partial charge in [0, 0.05) is 38.9 Å². The maximum absolute atomic E-state index is 2.49. The van der Waals surface area contributed by atoms with E-state index < -0.39 is 0 Å². The molecule has 0 N–H and O–H groups in total. The van der Waals surface area contributed by atoms with E-state index >= 15 is 0 Å². The van der Waals surface area contributed by atoms with Crippen LogP contribution in [0.3, 0.4) is 0 Å². The lowest BCUT2D eigenvalue weighted by atomic mass is 9.82. The number of benzene rings is 11. The summed E-state index contributed by atoms with van der Waals surface area (Å²) in [6.45, 7) is 11.5. The second-order valence-corrected chi connectivity index (χ2v) is 24.6. The zero-order chi connectivity index (χ0) is 57.9. The van der Waals surface area contributed by atoms with Gasteiger partial charge in [0.05, 0.1) is 11.0 Å². The number of anilines is 3. The molecule has 0 spiro atoms. The van der Waals surface area contributed by atoms with Gasteiger partial charge in [-0.25, -0.2) is 0 Å². The number of unbranched alkanes of at least 4 members (excludes halogenated alkanes) is 9. The Morgan fingerprint density at radius 2 is 0.871 bits per heavy atom. The van der Waals surface area contributed by atoms with E-state index in [1.807, 2.05) is 0 Å². The van der Waals surface area contributed by atoms with Gasteiger partial charge in [-0.05, 0) is 189 Å². The summed E-state index contributed by atoms with van der Waals surface area (Å²) < 4.78 is 2.49. The van der Waals surface area contributed by atoms with Crippen LogP contribution in [-0.4, -0.2) is 4.57 Å². The summed E-state index contributed by atoms with van der Waals surface area (Å²) in [4.78, 5) is 2.42. The Morgan fingerprint density at radius 1 is 0.329 bits per heavy atom. The van der Waals surface area contributed by atoms with Crippen LogP contribution in [0.1, 0.15) is 113 Å². The Morgan fingerprint density at radius 3 is 1.59 bits per heavy atom. The Labute approximate surface area is 505 Å². The van der Waals surface area contributed by atoms with Gasteiger partial charge in [-0.15, -0.1) is 0 Å². The van der Waals surface area contributed by atoms with Crippen molar-refractivity contribution in [2.75, 3.05) is 4.90 Å². The van der Waals surface area contributed by atoms with E-state index in [2.05, 4.69) is 293 Å². The van der Waals surface area contributed by atoms with Crippen LogP contribution in [0.4, 0.5) is 17.1 Å². The van der Waals surface area contributed by atoms with E-state index in [9.17, 15) is 0 Å². The minimum Gasteiger partial charge on any atom is -0.310 e. The van der Waals surface area contributed by atoms with Crippen molar-refractivity contribution in [2.24, 2.45) is 0 Å². The fourth-order valence-corrected chi connectivity index (χ4v) is 13.7. The third kappa shape index (κ3) is 11.3. The molecule has 0 saturated carbocycles. The Balaban J connectivity index is 0.827. The van der Waals surface area contributed by atoms with Gasteiger partial charge in [0.1, 0.15) is 0 Å². The molecule has 1 heterocycles. The lowest BCUT2D eigenvalue weighted by molar-refractivity contribution is 0.556. The lowest BCUT2D eigenvalue weighted by Crippen LogP contribution is -2.16. The fraction of sp³-hybridized carbons (Fsp3) is 0.205. The predicted octanol–water partition coefficient (Wildman–Crippen LogP) is 24.0. The average Bonchev–Trinajstić information content (AvgIpc) is 1.94. The molecule has 0 bridgehead atoms. The van der Waals surface area contributed by atoms with Crippen LogP contribution in [0.5, 0.6) is 0 Å². The van der Waals surface area contributed by atoms with E-state index in [0.717, 1.165) is 23.5 Å². The Hall–Kier alpha value is -8.98. The highest BCUT2D eigenvalue weighted by Gasteiger charge is 2.36. The Bertz CT molecular complexity index is 4310. The van der Waals surface area contributed by atoms with Crippen molar-refractivity contribution in [1.29, 1.82) is 0 Å². The molecule has 85 heavy (non-hydrogen) atoms. The number of fused-ring (bicyclic) bond motifs is 6. The standard InChI is InChI=1S/C83H78N2/c1-6-7-8-9-10-11-12-13-14-17-26-60-52-66(62-29-20-16-21-30-62)54-68(53-60)77-51-58(2)35-46-73(77)67-49-59(3)50-72(55-67)85-81-34-25-23-32-76(81)78-56-65(40-48-82(78)85)64-38-43-70(44-39-64)84(69-41-36-63(37-42-69)61-27-18-15-19-28-61)71-45-47-75-74-31-22-24-33-79(74)83(4,5)80(75)57-71/h15-16,18-25,27-57H,6-14,17,26H2,1-5H3. The van der Waals surface area contributed by atoms with Crippen molar-refractivity contribution < 1.29 is 0 Å². The summed E-state index contributed by atoms with van der Waals surface area (Å²) in [6, 6.07) is 93.4. The molecule has 2 nitrogen and oxygen atoms in total. The van der Waals surface area contributed by atoms with E-state index in [1.165, 1.54) is 186 Å². The molecule has 2 heteroatoms. The van der Waals surface area contributed by atoms with Gasteiger partial charge in [-0.2, -0.15) is 0 Å². The minimum atomic E-state index is -0.116. The van der Waals surface area contributed by atoms with Gasteiger partial charge in [-0.1, -0.05) is 260 Å². The van der Waals surface area contributed by atoms with Crippen LogP contribution in [-0.2, 0) is 11.8 Å². The van der Waals surface area contributed by atoms with Gasteiger partial charge < -0.3 is 9.47 Å². The second-order valence-electron chi connectivity index (χ2n) is 24.6. The second kappa shape index (κ2) is 24.3. The molecule has 1 aromatic heterocycles. The molecule has 12 aromatic rings. The first-order chi connectivity index (χ1) is 41.7. The minimum absolute atomic E-state index is 0.116. The first kappa shape index (κ1) is 55.2. The number of hydrogen-bond acceptors (Lipinski definition) is 1. The number of aryl methyl sites for hydroxylation is 3. The molecular formula is C83H78N2. The summed E-state index contributed by atoms with van der Waals surface area (Å²) in [6.07, 6.45) is 14.5. The summed E-state index contributed by atoms with van der Waals surface area (Å²) in [5.74, 6) is 0. The maximum atomic E-state index is 2.49. The van der Waals surface area contributed by atoms with Crippen LogP contribution in [0.15, 0.2) is 249 Å². The molecule has 1 aliphatic carbocycles. The van der Waals surface area contributed by atoms with Crippen molar-refractivity contribution >= 4 is 38.9 Å². The first-order valence-corrected chi connectivity index (χ1v) is 31.4. The molecule has 13 rings (SSSR count). The monoisotopic (exact) mass is 1100 g/mol. The zero-order valence-corrected chi connectivity index (χ0v) is 50.3. The number of hydrogen-bond donors (Lipinski definition) is 0. The first-order valence-electron chi connectivity index (χ1n) is 31.4. The van der Waals surface area contributed by atoms with Crippen LogP contribution in [0.25, 0.3) is 94.3 Å². The molecular weight excluding hydrogens is 1020 g/mol.